The topological polar surface area (TPSA) is 72.8 Å². The standard InChI is InChI=1S/C22H33N5OS.HI/c1-3-24-22(26-16-20(28)18-6-10-23-11-7-18)25-15-19(21-5-4-14-29-21)27-12-8-17(2)9-13-27;/h4-7,10-11,14,17,19-20,28H,3,8-9,12-13,15-16H2,1-2H3,(H2,24,25,26);1H. The van der Waals surface area contributed by atoms with E-state index in [2.05, 4.69) is 51.9 Å². The van der Waals surface area contributed by atoms with Gasteiger partial charge in [-0.1, -0.05) is 13.0 Å². The summed E-state index contributed by atoms with van der Waals surface area (Å²) in [6.45, 7) is 8.54. The molecule has 0 bridgehead atoms. The Hall–Kier alpha value is -1.23. The van der Waals surface area contributed by atoms with Crippen molar-refractivity contribution in [3.8, 4) is 0 Å². The normalized spacial score (nSPS) is 17.8. The van der Waals surface area contributed by atoms with Gasteiger partial charge in [-0.3, -0.25) is 14.9 Å². The van der Waals surface area contributed by atoms with Crippen LogP contribution in [0.25, 0.3) is 0 Å². The average Bonchev–Trinajstić information content (AvgIpc) is 3.28. The third-order valence-electron chi connectivity index (χ3n) is 5.45. The van der Waals surface area contributed by atoms with Crippen molar-refractivity contribution in [2.75, 3.05) is 32.7 Å². The molecule has 6 nitrogen and oxygen atoms in total. The van der Waals surface area contributed by atoms with Crippen molar-refractivity contribution in [1.29, 1.82) is 0 Å². The molecule has 0 aromatic carbocycles. The molecule has 0 saturated carbocycles. The Bertz CT molecular complexity index is 735. The fourth-order valence-electron chi connectivity index (χ4n) is 3.62. The number of hydrogen-bond donors (Lipinski definition) is 3. The number of halogens is 1. The summed E-state index contributed by atoms with van der Waals surface area (Å²) >= 11 is 1.81. The molecular formula is C22H34IN5OS. The van der Waals surface area contributed by atoms with Crippen molar-refractivity contribution in [3.63, 3.8) is 0 Å². The van der Waals surface area contributed by atoms with E-state index in [0.717, 1.165) is 37.1 Å². The molecule has 1 saturated heterocycles. The summed E-state index contributed by atoms with van der Waals surface area (Å²) in [6.07, 6.45) is 5.30. The molecule has 3 rings (SSSR count). The largest absolute Gasteiger partial charge is 0.387 e. The van der Waals surface area contributed by atoms with E-state index in [1.807, 2.05) is 23.5 Å². The van der Waals surface area contributed by atoms with Crippen LogP contribution in [-0.2, 0) is 0 Å². The molecule has 0 amide bonds. The number of nitrogens with one attached hydrogen (secondary N) is 2. The molecule has 30 heavy (non-hydrogen) atoms. The van der Waals surface area contributed by atoms with Crippen LogP contribution in [0.2, 0.25) is 0 Å². The van der Waals surface area contributed by atoms with E-state index >= 15 is 0 Å². The summed E-state index contributed by atoms with van der Waals surface area (Å²) < 4.78 is 0. The number of rotatable bonds is 8. The number of aliphatic hydroxyl groups excluding tert-OH is 1. The Morgan fingerprint density at radius 3 is 2.63 bits per heavy atom. The molecule has 3 heterocycles. The maximum atomic E-state index is 10.4. The number of aliphatic imine (C=N–C) groups is 1. The van der Waals surface area contributed by atoms with Crippen LogP contribution in [0.4, 0.5) is 0 Å². The zero-order chi connectivity index (χ0) is 20.5. The van der Waals surface area contributed by atoms with Crippen molar-refractivity contribution in [3.05, 3.63) is 52.5 Å². The summed E-state index contributed by atoms with van der Waals surface area (Å²) in [7, 11) is 0. The summed E-state index contributed by atoms with van der Waals surface area (Å²) in [4.78, 5) is 12.8. The lowest BCUT2D eigenvalue weighted by Gasteiger charge is -2.35. The molecule has 166 valence electrons. The zero-order valence-corrected chi connectivity index (χ0v) is 21.0. The molecule has 0 spiro atoms. The predicted molar refractivity (Wildman–Crippen MR) is 136 cm³/mol. The van der Waals surface area contributed by atoms with Crippen LogP contribution in [0.1, 0.15) is 49.3 Å². The van der Waals surface area contributed by atoms with Crippen molar-refractivity contribution in [2.24, 2.45) is 10.9 Å². The van der Waals surface area contributed by atoms with Crippen LogP contribution in [-0.4, -0.2) is 53.7 Å². The molecule has 1 fully saturated rings. The molecule has 2 unspecified atom stereocenters. The summed E-state index contributed by atoms with van der Waals surface area (Å²) in [5.74, 6) is 1.56. The number of nitrogens with zero attached hydrogens (tertiary/aromatic N) is 3. The molecular weight excluding hydrogens is 509 g/mol. The molecule has 8 heteroatoms. The number of aliphatic hydroxyl groups is 1. The highest BCUT2D eigenvalue weighted by Crippen LogP contribution is 2.29. The van der Waals surface area contributed by atoms with Crippen LogP contribution in [0.15, 0.2) is 47.0 Å². The first-order valence-electron chi connectivity index (χ1n) is 10.5. The molecule has 1 aliphatic heterocycles. The number of hydrogen-bond acceptors (Lipinski definition) is 5. The molecule has 1 aliphatic rings. The Labute approximate surface area is 201 Å². The van der Waals surface area contributed by atoms with Gasteiger partial charge in [0, 0.05) is 30.4 Å². The van der Waals surface area contributed by atoms with E-state index in [1.165, 1.54) is 17.7 Å². The number of aromatic nitrogens is 1. The van der Waals surface area contributed by atoms with E-state index < -0.39 is 6.10 Å². The summed E-state index contributed by atoms with van der Waals surface area (Å²) in [6, 6.07) is 8.32. The smallest absolute Gasteiger partial charge is 0.191 e. The third kappa shape index (κ3) is 7.47. The van der Waals surface area contributed by atoms with Gasteiger partial charge in [0.1, 0.15) is 0 Å². The van der Waals surface area contributed by atoms with Gasteiger partial charge in [0.2, 0.25) is 0 Å². The van der Waals surface area contributed by atoms with Crippen molar-refractivity contribution < 1.29 is 5.11 Å². The van der Waals surface area contributed by atoms with E-state index in [-0.39, 0.29) is 24.0 Å². The monoisotopic (exact) mass is 543 g/mol. The second-order valence-electron chi connectivity index (χ2n) is 7.65. The predicted octanol–water partition coefficient (Wildman–Crippen LogP) is 3.82. The van der Waals surface area contributed by atoms with Gasteiger partial charge >= 0.3 is 0 Å². The Kier molecular flexibility index (Phi) is 11.0. The second-order valence-corrected chi connectivity index (χ2v) is 8.63. The number of likely N-dealkylation sites (tertiary alicyclic amines) is 1. The highest BCUT2D eigenvalue weighted by molar-refractivity contribution is 14.0. The first-order valence-corrected chi connectivity index (χ1v) is 11.4. The van der Waals surface area contributed by atoms with Gasteiger partial charge < -0.3 is 15.7 Å². The Balaban J connectivity index is 0.00000320. The van der Waals surface area contributed by atoms with Gasteiger partial charge in [-0.2, -0.15) is 0 Å². The van der Waals surface area contributed by atoms with Crippen molar-refractivity contribution in [1.82, 2.24) is 20.5 Å². The quantitative estimate of drug-likeness (QED) is 0.268. The molecule has 0 aliphatic carbocycles. The van der Waals surface area contributed by atoms with E-state index in [9.17, 15) is 5.11 Å². The number of guanidine groups is 1. The van der Waals surface area contributed by atoms with Gasteiger partial charge in [-0.15, -0.1) is 35.3 Å². The Morgan fingerprint density at radius 2 is 2.00 bits per heavy atom. The number of pyridine rings is 1. The van der Waals surface area contributed by atoms with Gasteiger partial charge in [0.05, 0.1) is 18.7 Å². The maximum Gasteiger partial charge on any atom is 0.191 e. The second kappa shape index (κ2) is 13.2. The zero-order valence-electron chi connectivity index (χ0n) is 17.8. The van der Waals surface area contributed by atoms with E-state index in [4.69, 9.17) is 4.99 Å². The van der Waals surface area contributed by atoms with Gasteiger partial charge in [-0.05, 0) is 67.9 Å². The van der Waals surface area contributed by atoms with Crippen LogP contribution < -0.4 is 10.6 Å². The minimum Gasteiger partial charge on any atom is -0.387 e. The van der Waals surface area contributed by atoms with Gasteiger partial charge in [-0.25, -0.2) is 0 Å². The van der Waals surface area contributed by atoms with Crippen molar-refractivity contribution >= 4 is 41.3 Å². The van der Waals surface area contributed by atoms with Crippen molar-refractivity contribution in [2.45, 2.75) is 38.8 Å². The molecule has 2 aromatic heterocycles. The lowest BCUT2D eigenvalue weighted by Crippen LogP contribution is -2.41. The van der Waals surface area contributed by atoms with E-state index in [0.29, 0.717) is 19.1 Å². The third-order valence-corrected chi connectivity index (χ3v) is 6.42. The number of piperidine rings is 1. The lowest BCUT2D eigenvalue weighted by atomic mass is 9.97. The first-order chi connectivity index (χ1) is 14.2. The Morgan fingerprint density at radius 1 is 1.27 bits per heavy atom. The fourth-order valence-corrected chi connectivity index (χ4v) is 4.47. The van der Waals surface area contributed by atoms with E-state index in [1.54, 1.807) is 12.4 Å². The molecule has 2 atom stereocenters. The summed E-state index contributed by atoms with van der Waals surface area (Å²) in [5.41, 5.74) is 0.849. The maximum absolute atomic E-state index is 10.4. The fraction of sp³-hybridized carbons (Fsp3) is 0.545. The number of thiophene rings is 1. The first kappa shape index (κ1) is 25.0. The van der Waals surface area contributed by atoms with Crippen LogP contribution >= 0.6 is 35.3 Å². The SMILES string of the molecule is CCNC(=NCC(c1cccs1)N1CCC(C)CC1)NCC(O)c1ccncc1.I. The highest BCUT2D eigenvalue weighted by atomic mass is 127. The van der Waals surface area contributed by atoms with Crippen LogP contribution in [0.5, 0.6) is 0 Å². The molecule has 3 N–H and O–H groups in total. The minimum atomic E-state index is -0.599. The van der Waals surface area contributed by atoms with Crippen LogP contribution in [0.3, 0.4) is 0 Å². The molecule has 0 radical (unpaired) electrons. The summed E-state index contributed by atoms with van der Waals surface area (Å²) in [5, 5.41) is 19.1. The lowest BCUT2D eigenvalue weighted by molar-refractivity contribution is 0.143. The highest BCUT2D eigenvalue weighted by Gasteiger charge is 2.25. The van der Waals surface area contributed by atoms with Gasteiger partial charge in [0.15, 0.2) is 5.96 Å². The van der Waals surface area contributed by atoms with Crippen LogP contribution in [0, 0.1) is 5.92 Å². The minimum absolute atomic E-state index is 0. The van der Waals surface area contributed by atoms with Gasteiger partial charge in [0.25, 0.3) is 0 Å². The molecule has 2 aromatic rings. The average molecular weight is 544 g/mol.